The fourth-order valence-electron chi connectivity index (χ4n) is 1.96. The summed E-state index contributed by atoms with van der Waals surface area (Å²) in [4.78, 5) is 19.4. The lowest BCUT2D eigenvalue weighted by Gasteiger charge is -2.11. The Bertz CT molecular complexity index is 683. The Balaban J connectivity index is 2.64. The van der Waals surface area contributed by atoms with Gasteiger partial charge in [-0.05, 0) is 26.3 Å². The monoisotopic (exact) mass is 272 g/mol. The smallest absolute Gasteiger partial charge is 0.270 e. The van der Waals surface area contributed by atoms with Gasteiger partial charge in [0.05, 0.1) is 4.92 Å². The van der Waals surface area contributed by atoms with Crippen molar-refractivity contribution in [3.8, 4) is 11.4 Å². The molecule has 0 saturated carbocycles. The van der Waals surface area contributed by atoms with Gasteiger partial charge in [0.15, 0.2) is 5.82 Å². The summed E-state index contributed by atoms with van der Waals surface area (Å²) in [6.45, 7) is 5.72. The quantitative estimate of drug-likeness (QED) is 0.686. The highest BCUT2D eigenvalue weighted by Gasteiger charge is 2.14. The highest BCUT2D eigenvalue weighted by Crippen LogP contribution is 2.27. The van der Waals surface area contributed by atoms with Crippen LogP contribution in [0.3, 0.4) is 0 Å². The maximum Gasteiger partial charge on any atom is 0.270 e. The van der Waals surface area contributed by atoms with Crippen molar-refractivity contribution in [1.29, 1.82) is 0 Å². The van der Waals surface area contributed by atoms with Crippen molar-refractivity contribution in [2.45, 2.75) is 20.8 Å². The molecular formula is C14H16N4O2. The van der Waals surface area contributed by atoms with Crippen LogP contribution in [-0.2, 0) is 0 Å². The molecule has 0 atom stereocenters. The summed E-state index contributed by atoms with van der Waals surface area (Å²) in [5.41, 5.74) is 3.45. The Morgan fingerprint density at radius 1 is 1.20 bits per heavy atom. The van der Waals surface area contributed by atoms with Crippen molar-refractivity contribution in [3.05, 3.63) is 45.1 Å². The van der Waals surface area contributed by atoms with E-state index in [9.17, 15) is 10.1 Å². The molecule has 1 aromatic heterocycles. The van der Waals surface area contributed by atoms with Crippen LogP contribution in [0.5, 0.6) is 0 Å². The molecule has 2 aromatic rings. The molecule has 0 radical (unpaired) electrons. The first-order valence-corrected chi connectivity index (χ1v) is 6.22. The van der Waals surface area contributed by atoms with Crippen LogP contribution in [0.2, 0.25) is 0 Å². The Morgan fingerprint density at radius 3 is 2.50 bits per heavy atom. The molecule has 6 nitrogen and oxygen atoms in total. The van der Waals surface area contributed by atoms with Gasteiger partial charge in [0.2, 0.25) is 0 Å². The van der Waals surface area contributed by atoms with E-state index < -0.39 is 4.92 Å². The van der Waals surface area contributed by atoms with Crippen LogP contribution in [0.15, 0.2) is 18.2 Å². The third kappa shape index (κ3) is 2.45. The van der Waals surface area contributed by atoms with Crippen molar-refractivity contribution >= 4 is 11.5 Å². The number of anilines is 1. The number of nitro groups is 1. The minimum absolute atomic E-state index is 0.0402. The predicted octanol–water partition coefficient (Wildman–Crippen LogP) is 3.02. The minimum Gasteiger partial charge on any atom is -0.373 e. The first-order valence-electron chi connectivity index (χ1n) is 6.22. The molecule has 0 amide bonds. The van der Waals surface area contributed by atoms with Gasteiger partial charge in [-0.2, -0.15) is 0 Å². The summed E-state index contributed by atoms with van der Waals surface area (Å²) in [5.74, 6) is 1.23. The molecule has 1 heterocycles. The van der Waals surface area contributed by atoms with Crippen LogP contribution in [0, 0.1) is 30.9 Å². The number of benzene rings is 1. The lowest BCUT2D eigenvalue weighted by atomic mass is 10.1. The molecular weight excluding hydrogens is 256 g/mol. The van der Waals surface area contributed by atoms with E-state index in [-0.39, 0.29) is 5.69 Å². The normalized spacial score (nSPS) is 10.4. The third-order valence-corrected chi connectivity index (χ3v) is 3.30. The maximum absolute atomic E-state index is 10.9. The minimum atomic E-state index is -0.414. The van der Waals surface area contributed by atoms with Crippen LogP contribution < -0.4 is 5.32 Å². The van der Waals surface area contributed by atoms with Crippen molar-refractivity contribution in [1.82, 2.24) is 9.97 Å². The average molecular weight is 272 g/mol. The highest BCUT2D eigenvalue weighted by atomic mass is 16.6. The molecule has 0 aliphatic rings. The number of hydrogen-bond acceptors (Lipinski definition) is 5. The van der Waals surface area contributed by atoms with E-state index in [1.54, 1.807) is 13.1 Å². The van der Waals surface area contributed by atoms with Gasteiger partial charge in [0, 0.05) is 36.0 Å². The van der Waals surface area contributed by atoms with Crippen molar-refractivity contribution in [2.24, 2.45) is 0 Å². The number of nitrogens with zero attached hydrogens (tertiary/aromatic N) is 3. The molecule has 1 N–H and O–H groups in total. The molecule has 0 spiro atoms. The lowest BCUT2D eigenvalue weighted by Crippen LogP contribution is -2.03. The van der Waals surface area contributed by atoms with Crippen molar-refractivity contribution < 1.29 is 4.92 Å². The first kappa shape index (κ1) is 13.9. The topological polar surface area (TPSA) is 81.0 Å². The number of aryl methyl sites for hydroxylation is 2. The second-order valence-electron chi connectivity index (χ2n) is 4.61. The van der Waals surface area contributed by atoms with Gasteiger partial charge in [0.1, 0.15) is 5.82 Å². The van der Waals surface area contributed by atoms with E-state index in [1.165, 1.54) is 12.1 Å². The van der Waals surface area contributed by atoms with Gasteiger partial charge in [-0.1, -0.05) is 6.07 Å². The lowest BCUT2D eigenvalue weighted by molar-refractivity contribution is -0.384. The summed E-state index contributed by atoms with van der Waals surface area (Å²) in [6, 6.07) is 4.71. The molecule has 104 valence electrons. The second-order valence-corrected chi connectivity index (χ2v) is 4.61. The molecule has 0 bridgehead atoms. The highest BCUT2D eigenvalue weighted by molar-refractivity contribution is 5.66. The second kappa shape index (κ2) is 5.24. The van der Waals surface area contributed by atoms with Crippen LogP contribution in [-0.4, -0.2) is 21.9 Å². The summed E-state index contributed by atoms with van der Waals surface area (Å²) >= 11 is 0. The standard InChI is InChI=1S/C14H16N4O2/c1-8-5-6-11(18(19)20)7-12(8)14-16-10(3)9(2)13(15-4)17-14/h5-7H,1-4H3,(H,15,16,17). The molecule has 20 heavy (non-hydrogen) atoms. The van der Waals surface area contributed by atoms with E-state index in [2.05, 4.69) is 15.3 Å². The van der Waals surface area contributed by atoms with Crippen LogP contribution in [0.1, 0.15) is 16.8 Å². The van der Waals surface area contributed by atoms with Crippen LogP contribution in [0.25, 0.3) is 11.4 Å². The first-order chi connectivity index (χ1) is 9.43. The molecule has 1 aromatic carbocycles. The maximum atomic E-state index is 10.9. The average Bonchev–Trinajstić information content (AvgIpc) is 2.42. The Labute approximate surface area is 117 Å². The number of nitrogens with one attached hydrogen (secondary N) is 1. The fourth-order valence-corrected chi connectivity index (χ4v) is 1.96. The largest absolute Gasteiger partial charge is 0.373 e. The van der Waals surface area contributed by atoms with E-state index in [0.29, 0.717) is 11.4 Å². The molecule has 6 heteroatoms. The Morgan fingerprint density at radius 2 is 1.90 bits per heavy atom. The summed E-state index contributed by atoms with van der Waals surface area (Å²) in [6.07, 6.45) is 0. The summed E-state index contributed by atoms with van der Waals surface area (Å²) < 4.78 is 0. The van der Waals surface area contributed by atoms with Gasteiger partial charge < -0.3 is 5.32 Å². The van der Waals surface area contributed by atoms with Crippen LogP contribution in [0.4, 0.5) is 11.5 Å². The number of hydrogen-bond donors (Lipinski definition) is 1. The molecule has 0 aliphatic heterocycles. The molecule has 2 rings (SSSR count). The van der Waals surface area contributed by atoms with Gasteiger partial charge in [-0.15, -0.1) is 0 Å². The van der Waals surface area contributed by atoms with Crippen molar-refractivity contribution in [2.75, 3.05) is 12.4 Å². The van der Waals surface area contributed by atoms with E-state index in [1.807, 2.05) is 20.8 Å². The van der Waals surface area contributed by atoms with Gasteiger partial charge in [0.25, 0.3) is 5.69 Å². The van der Waals surface area contributed by atoms with Crippen LogP contribution >= 0.6 is 0 Å². The SMILES string of the molecule is CNc1nc(-c2cc([N+](=O)[O-])ccc2C)nc(C)c1C. The van der Waals surface area contributed by atoms with Gasteiger partial charge >= 0.3 is 0 Å². The molecule has 0 saturated heterocycles. The number of non-ortho nitro benzene ring substituents is 1. The van der Waals surface area contributed by atoms with E-state index in [4.69, 9.17) is 0 Å². The zero-order chi connectivity index (χ0) is 14.9. The molecule has 0 unspecified atom stereocenters. The summed E-state index contributed by atoms with van der Waals surface area (Å²) in [7, 11) is 1.79. The predicted molar refractivity (Wildman–Crippen MR) is 77.9 cm³/mol. The number of rotatable bonds is 3. The third-order valence-electron chi connectivity index (χ3n) is 3.30. The van der Waals surface area contributed by atoms with E-state index >= 15 is 0 Å². The zero-order valence-electron chi connectivity index (χ0n) is 11.9. The molecule has 0 aliphatic carbocycles. The Hall–Kier alpha value is -2.50. The van der Waals surface area contributed by atoms with E-state index in [0.717, 1.165) is 22.6 Å². The van der Waals surface area contributed by atoms with Gasteiger partial charge in [-0.3, -0.25) is 10.1 Å². The number of nitro benzene ring substituents is 1. The van der Waals surface area contributed by atoms with Crippen molar-refractivity contribution in [3.63, 3.8) is 0 Å². The van der Waals surface area contributed by atoms with Gasteiger partial charge in [-0.25, -0.2) is 9.97 Å². The summed E-state index contributed by atoms with van der Waals surface area (Å²) in [5, 5.41) is 13.9. The Kier molecular flexibility index (Phi) is 3.65. The number of aromatic nitrogens is 2. The molecule has 0 fully saturated rings. The fraction of sp³-hybridized carbons (Fsp3) is 0.286. The zero-order valence-corrected chi connectivity index (χ0v) is 11.9.